The minimum atomic E-state index is -4.12. The second-order valence-corrected chi connectivity index (χ2v) is 9.31. The summed E-state index contributed by atoms with van der Waals surface area (Å²) in [5, 5.41) is 4.93. The molecule has 0 atom stereocenters. The van der Waals surface area contributed by atoms with Gasteiger partial charge < -0.3 is 9.08 Å². The van der Waals surface area contributed by atoms with Crippen LogP contribution in [0.4, 0.5) is 4.79 Å². The van der Waals surface area contributed by atoms with Gasteiger partial charge in [-0.15, -0.1) is 12.4 Å². The Balaban J connectivity index is 0.00000324. The molecule has 2 aromatic carbocycles. The van der Waals surface area contributed by atoms with Gasteiger partial charge in [0.1, 0.15) is 12.1 Å². The molecule has 1 amide bonds. The predicted octanol–water partition coefficient (Wildman–Crippen LogP) is 3.12. The number of aromatic nitrogens is 2. The Morgan fingerprint density at radius 3 is 2.53 bits per heavy atom. The summed E-state index contributed by atoms with van der Waals surface area (Å²) in [7, 11) is -2.30. The lowest BCUT2D eigenvalue weighted by molar-refractivity contribution is 0.132. The fourth-order valence-electron chi connectivity index (χ4n) is 4.06. The van der Waals surface area contributed by atoms with Crippen LogP contribution in [0.2, 0.25) is 0 Å². The molecule has 1 aliphatic rings. The lowest BCUT2D eigenvalue weighted by Crippen LogP contribution is -2.46. The Morgan fingerprint density at radius 2 is 1.85 bits per heavy atom. The molecule has 11 heteroatoms. The van der Waals surface area contributed by atoms with Crippen LogP contribution in [0.3, 0.4) is 0 Å². The third-order valence-electron chi connectivity index (χ3n) is 5.80. The first-order valence-corrected chi connectivity index (χ1v) is 12.2. The fraction of sp³-hybridized carbons (Fsp3) is 0.304. The van der Waals surface area contributed by atoms with E-state index >= 15 is 0 Å². The number of hydrogen-bond donors (Lipinski definition) is 1. The third kappa shape index (κ3) is 6.57. The van der Waals surface area contributed by atoms with Crippen molar-refractivity contribution in [2.75, 3.05) is 20.1 Å². The highest BCUT2D eigenvalue weighted by Gasteiger charge is 2.26. The topological polar surface area (TPSA) is 111 Å². The number of rotatable bonds is 6. The largest absolute Gasteiger partial charge is 0.380 e. The average molecular weight is 506 g/mol. The summed E-state index contributed by atoms with van der Waals surface area (Å²) >= 11 is 0. The van der Waals surface area contributed by atoms with Crippen molar-refractivity contribution in [2.24, 2.45) is 5.14 Å². The number of likely N-dealkylation sites (tertiary alicyclic amines) is 1. The van der Waals surface area contributed by atoms with Gasteiger partial charge in [0.15, 0.2) is 0 Å². The second-order valence-electron chi connectivity index (χ2n) is 8.16. The van der Waals surface area contributed by atoms with Crippen molar-refractivity contribution >= 4 is 28.7 Å². The van der Waals surface area contributed by atoms with E-state index < -0.39 is 10.3 Å². The molecule has 2 heterocycles. The average Bonchev–Trinajstić information content (AvgIpc) is 3.29. The molecule has 0 unspecified atom stereocenters. The molecule has 0 aliphatic carbocycles. The van der Waals surface area contributed by atoms with E-state index in [9.17, 15) is 13.2 Å². The van der Waals surface area contributed by atoms with Gasteiger partial charge in [0.25, 0.3) is 0 Å². The molecule has 182 valence electrons. The molecule has 2 N–H and O–H groups in total. The highest BCUT2D eigenvalue weighted by Crippen LogP contribution is 2.24. The number of amides is 1. The molecule has 3 aromatic rings. The number of carbonyl (C=O) groups is 1. The molecule has 9 nitrogen and oxygen atoms in total. The predicted molar refractivity (Wildman–Crippen MR) is 132 cm³/mol. The smallest absolute Gasteiger partial charge is 0.371 e. The summed E-state index contributed by atoms with van der Waals surface area (Å²) in [6.45, 7) is 2.79. The van der Waals surface area contributed by atoms with Gasteiger partial charge in [0.2, 0.25) is 0 Å². The van der Waals surface area contributed by atoms with Crippen molar-refractivity contribution in [3.05, 3.63) is 72.7 Å². The Labute approximate surface area is 205 Å². The first-order valence-electron chi connectivity index (χ1n) is 10.7. The van der Waals surface area contributed by atoms with Crippen molar-refractivity contribution in [2.45, 2.75) is 25.4 Å². The number of carbonyl (C=O) groups excluding carboxylic acids is 1. The van der Waals surface area contributed by atoms with Gasteiger partial charge in [-0.2, -0.15) is 13.6 Å². The van der Waals surface area contributed by atoms with E-state index in [1.54, 1.807) is 23.2 Å². The zero-order valence-electron chi connectivity index (χ0n) is 18.8. The SMILES string of the molecule is CN(C(=O)n1cnc(-c2cccc(OS(N)(=O)=O)c2)c1)C1CCN(Cc2ccccc2)CC1.Cl. The van der Waals surface area contributed by atoms with Crippen LogP contribution in [0.15, 0.2) is 67.1 Å². The molecule has 1 fully saturated rings. The molecule has 1 saturated heterocycles. The number of hydrogen-bond acceptors (Lipinski definition) is 6. The van der Waals surface area contributed by atoms with E-state index in [-0.39, 0.29) is 30.2 Å². The molecule has 0 saturated carbocycles. The molecule has 0 radical (unpaired) electrons. The molecule has 34 heavy (non-hydrogen) atoms. The molecule has 0 spiro atoms. The number of imidazole rings is 1. The number of piperidine rings is 1. The molecular formula is C23H28ClN5O4S. The number of nitrogens with zero attached hydrogens (tertiary/aromatic N) is 4. The van der Waals surface area contributed by atoms with Gasteiger partial charge in [-0.1, -0.05) is 42.5 Å². The Kier molecular flexibility index (Phi) is 8.32. The van der Waals surface area contributed by atoms with Crippen molar-refractivity contribution in [3.8, 4) is 17.0 Å². The van der Waals surface area contributed by atoms with Crippen LogP contribution >= 0.6 is 12.4 Å². The van der Waals surface area contributed by atoms with Crippen molar-refractivity contribution in [1.82, 2.24) is 19.4 Å². The lowest BCUT2D eigenvalue weighted by atomic mass is 10.0. The summed E-state index contributed by atoms with van der Waals surface area (Å²) < 4.78 is 28.5. The van der Waals surface area contributed by atoms with Crippen LogP contribution < -0.4 is 9.32 Å². The third-order valence-corrected chi connectivity index (χ3v) is 6.23. The molecular weight excluding hydrogens is 478 g/mol. The van der Waals surface area contributed by atoms with E-state index in [4.69, 9.17) is 9.32 Å². The van der Waals surface area contributed by atoms with Crippen molar-refractivity contribution < 1.29 is 17.4 Å². The minimum absolute atomic E-state index is 0. The maximum Gasteiger partial charge on any atom is 0.380 e. The van der Waals surface area contributed by atoms with Gasteiger partial charge >= 0.3 is 16.3 Å². The molecule has 1 aliphatic heterocycles. The Morgan fingerprint density at radius 1 is 1.15 bits per heavy atom. The second kappa shape index (κ2) is 11.0. The summed E-state index contributed by atoms with van der Waals surface area (Å²) in [6.07, 6.45) is 4.90. The summed E-state index contributed by atoms with van der Waals surface area (Å²) in [5.41, 5.74) is 2.43. The maximum atomic E-state index is 13.0. The highest BCUT2D eigenvalue weighted by atomic mass is 35.5. The van der Waals surface area contributed by atoms with E-state index in [0.29, 0.717) is 11.3 Å². The van der Waals surface area contributed by atoms with Crippen LogP contribution in [0, 0.1) is 0 Å². The van der Waals surface area contributed by atoms with Crippen LogP contribution in [-0.4, -0.2) is 60.0 Å². The van der Waals surface area contributed by atoms with E-state index in [1.165, 1.54) is 28.6 Å². The molecule has 4 rings (SSSR count). The van der Waals surface area contributed by atoms with Crippen molar-refractivity contribution in [3.63, 3.8) is 0 Å². The maximum absolute atomic E-state index is 13.0. The van der Waals surface area contributed by atoms with E-state index in [1.807, 2.05) is 13.1 Å². The normalized spacial score (nSPS) is 14.9. The number of nitrogens with two attached hydrogens (primary N) is 1. The van der Waals surface area contributed by atoms with Gasteiger partial charge in [-0.3, -0.25) is 9.47 Å². The first kappa shape index (κ1) is 25.7. The van der Waals surface area contributed by atoms with Crippen LogP contribution in [0.25, 0.3) is 11.3 Å². The van der Waals surface area contributed by atoms with E-state index in [2.05, 4.69) is 34.1 Å². The first-order chi connectivity index (χ1) is 15.8. The minimum Gasteiger partial charge on any atom is -0.371 e. The van der Waals surface area contributed by atoms with Crippen LogP contribution in [-0.2, 0) is 16.8 Å². The fourth-order valence-corrected chi connectivity index (χ4v) is 4.43. The number of halogens is 1. The highest BCUT2D eigenvalue weighted by molar-refractivity contribution is 7.84. The van der Waals surface area contributed by atoms with Gasteiger partial charge in [-0.05, 0) is 30.5 Å². The Bertz CT molecular complexity index is 1210. The quantitative estimate of drug-likeness (QED) is 0.551. The van der Waals surface area contributed by atoms with E-state index in [0.717, 1.165) is 32.5 Å². The lowest BCUT2D eigenvalue weighted by Gasteiger charge is -2.36. The molecule has 0 bridgehead atoms. The van der Waals surface area contributed by atoms with Gasteiger partial charge in [-0.25, -0.2) is 9.78 Å². The summed E-state index contributed by atoms with van der Waals surface area (Å²) in [5.74, 6) is 0.0789. The zero-order chi connectivity index (χ0) is 23.4. The standard InChI is InChI=1S/C23H27N5O4S.ClH/c1-26(20-10-12-27(13-11-20)15-18-6-3-2-4-7-18)23(29)28-16-22(25-17-28)19-8-5-9-21(14-19)32-33(24,30)31;/h2-9,14,16-17,20H,10-13,15H2,1H3,(H2,24,30,31);1H. The monoisotopic (exact) mass is 505 g/mol. The van der Waals surface area contributed by atoms with Crippen LogP contribution in [0.5, 0.6) is 5.75 Å². The van der Waals surface area contributed by atoms with Crippen LogP contribution in [0.1, 0.15) is 18.4 Å². The Hall–Kier alpha value is -2.92. The summed E-state index contributed by atoms with van der Waals surface area (Å²) in [4.78, 5) is 21.5. The zero-order valence-corrected chi connectivity index (χ0v) is 20.4. The van der Waals surface area contributed by atoms with Gasteiger partial charge in [0.05, 0.1) is 5.69 Å². The summed E-state index contributed by atoms with van der Waals surface area (Å²) in [6, 6.07) is 16.8. The molecule has 1 aromatic heterocycles. The number of benzene rings is 2. The van der Waals surface area contributed by atoms with Gasteiger partial charge in [0, 0.05) is 44.5 Å². The van der Waals surface area contributed by atoms with Crippen molar-refractivity contribution in [1.29, 1.82) is 0 Å².